The van der Waals surface area contributed by atoms with Gasteiger partial charge in [0.05, 0.1) is 12.3 Å². The minimum Gasteiger partial charge on any atom is -0.481 e. The highest BCUT2D eigenvalue weighted by atomic mass is 16.4. The fourth-order valence-electron chi connectivity index (χ4n) is 3.19. The molecule has 0 heterocycles. The molecule has 0 aliphatic carbocycles. The molecule has 10 nitrogen and oxygen atoms in total. The zero-order chi connectivity index (χ0) is 25.6. The molecule has 0 rings (SSSR count). The van der Waals surface area contributed by atoms with Gasteiger partial charge < -0.3 is 25.5 Å². The van der Waals surface area contributed by atoms with Gasteiger partial charge in [0, 0.05) is 6.42 Å². The van der Waals surface area contributed by atoms with Gasteiger partial charge in [-0.3, -0.25) is 24.0 Å². The summed E-state index contributed by atoms with van der Waals surface area (Å²) in [5, 5.41) is 42.5. The van der Waals surface area contributed by atoms with E-state index in [9.17, 15) is 24.0 Å². The normalized spacial score (nSPS) is 11.3. The first-order chi connectivity index (χ1) is 15.5. The summed E-state index contributed by atoms with van der Waals surface area (Å²) in [6.45, 7) is 2.22. The molecular weight excluding hydrogens is 436 g/mol. The molecule has 0 aromatic carbocycles. The van der Waals surface area contributed by atoms with Crippen LogP contribution in [0.25, 0.3) is 0 Å². The molecule has 0 saturated carbocycles. The van der Waals surface area contributed by atoms with Gasteiger partial charge in [0.2, 0.25) is 0 Å². The van der Waals surface area contributed by atoms with Crippen LogP contribution in [0.2, 0.25) is 0 Å². The first-order valence-electron chi connectivity index (χ1n) is 11.6. The Hall–Kier alpha value is -2.65. The number of rotatable bonds is 20. The third kappa shape index (κ3) is 22.3. The van der Waals surface area contributed by atoms with Crippen molar-refractivity contribution in [2.75, 3.05) is 0 Å². The second kappa shape index (κ2) is 21.2. The van der Waals surface area contributed by atoms with E-state index in [0.717, 1.165) is 12.8 Å². The van der Waals surface area contributed by atoms with Gasteiger partial charge in [0.15, 0.2) is 5.92 Å². The molecule has 0 saturated heterocycles. The van der Waals surface area contributed by atoms with E-state index in [1.165, 1.54) is 51.4 Å². The van der Waals surface area contributed by atoms with Crippen LogP contribution in [-0.4, -0.2) is 55.4 Å². The van der Waals surface area contributed by atoms with Crippen molar-refractivity contribution in [2.24, 2.45) is 11.8 Å². The van der Waals surface area contributed by atoms with E-state index in [0.29, 0.717) is 6.42 Å². The van der Waals surface area contributed by atoms with Crippen molar-refractivity contribution in [3.05, 3.63) is 0 Å². The van der Waals surface area contributed by atoms with Crippen LogP contribution in [0.15, 0.2) is 0 Å². The van der Waals surface area contributed by atoms with Crippen LogP contribution in [0.1, 0.15) is 103 Å². The van der Waals surface area contributed by atoms with Gasteiger partial charge in [-0.05, 0) is 12.8 Å². The van der Waals surface area contributed by atoms with Crippen LogP contribution >= 0.6 is 0 Å². The van der Waals surface area contributed by atoms with Gasteiger partial charge in [-0.25, -0.2) is 0 Å². The average Bonchev–Trinajstić information content (AvgIpc) is 2.71. The Morgan fingerprint density at radius 3 is 1.30 bits per heavy atom. The zero-order valence-electron chi connectivity index (χ0n) is 19.5. The van der Waals surface area contributed by atoms with E-state index in [-0.39, 0.29) is 19.3 Å². The van der Waals surface area contributed by atoms with E-state index in [1.807, 2.05) is 0 Å². The van der Waals surface area contributed by atoms with E-state index in [4.69, 9.17) is 25.5 Å². The second-order valence-corrected chi connectivity index (χ2v) is 8.12. The van der Waals surface area contributed by atoms with Gasteiger partial charge >= 0.3 is 29.8 Å². The van der Waals surface area contributed by atoms with Gasteiger partial charge in [-0.15, -0.1) is 0 Å². The molecule has 0 aromatic heterocycles. The smallest absolute Gasteiger partial charge is 0.317 e. The molecule has 1 atom stereocenters. The minimum absolute atomic E-state index is 0.156. The molecule has 0 spiro atoms. The number of carboxylic acids is 5. The highest BCUT2D eigenvalue weighted by Crippen LogP contribution is 2.15. The number of aliphatic carboxylic acids is 5. The molecule has 0 bridgehead atoms. The van der Waals surface area contributed by atoms with Crippen molar-refractivity contribution in [3.63, 3.8) is 0 Å². The van der Waals surface area contributed by atoms with E-state index in [2.05, 4.69) is 6.92 Å². The molecule has 0 fully saturated rings. The average molecular weight is 477 g/mol. The molecule has 1 unspecified atom stereocenters. The van der Waals surface area contributed by atoms with Crippen molar-refractivity contribution in [3.8, 4) is 0 Å². The lowest BCUT2D eigenvalue weighted by Gasteiger charge is -2.06. The Morgan fingerprint density at radius 1 is 0.545 bits per heavy atom. The topological polar surface area (TPSA) is 186 Å². The van der Waals surface area contributed by atoms with Crippen LogP contribution in [0.4, 0.5) is 0 Å². The first kappa shape index (κ1) is 32.5. The summed E-state index contributed by atoms with van der Waals surface area (Å²) in [5.41, 5.74) is 0. The number of hydrogen-bond donors (Lipinski definition) is 5. The van der Waals surface area contributed by atoms with Crippen LogP contribution in [0.5, 0.6) is 0 Å². The monoisotopic (exact) mass is 476 g/mol. The van der Waals surface area contributed by atoms with Crippen molar-refractivity contribution in [1.29, 1.82) is 0 Å². The van der Waals surface area contributed by atoms with Gasteiger partial charge in [0.1, 0.15) is 0 Å². The Bertz CT molecular complexity index is 574. The minimum atomic E-state index is -1.27. The lowest BCUT2D eigenvalue weighted by molar-refractivity contribution is -0.155. The lowest BCUT2D eigenvalue weighted by atomic mass is 10.00. The SMILES string of the molecule is CCCCCCCCCCCCCC(C(=O)O)C(=O)O.O=C(O)CCC(CC(=O)O)C(=O)O. The molecule has 0 aromatic rings. The Balaban J connectivity index is 0. The predicted octanol–water partition coefficient (Wildman–Crippen LogP) is 4.50. The van der Waals surface area contributed by atoms with Crippen LogP contribution < -0.4 is 0 Å². The molecule has 33 heavy (non-hydrogen) atoms. The lowest BCUT2D eigenvalue weighted by Crippen LogP contribution is -2.23. The van der Waals surface area contributed by atoms with E-state index >= 15 is 0 Å². The predicted molar refractivity (Wildman–Crippen MR) is 120 cm³/mol. The molecular formula is C23H40O10. The van der Waals surface area contributed by atoms with Crippen molar-refractivity contribution in [1.82, 2.24) is 0 Å². The third-order valence-corrected chi connectivity index (χ3v) is 5.17. The highest BCUT2D eigenvalue weighted by Gasteiger charge is 2.24. The van der Waals surface area contributed by atoms with Crippen LogP contribution in [0.3, 0.4) is 0 Å². The molecule has 0 amide bonds. The third-order valence-electron chi connectivity index (χ3n) is 5.17. The fraction of sp³-hybridized carbons (Fsp3) is 0.783. The molecule has 0 aliphatic heterocycles. The maximum atomic E-state index is 10.7. The maximum Gasteiger partial charge on any atom is 0.317 e. The Labute approximate surface area is 195 Å². The Morgan fingerprint density at radius 2 is 0.970 bits per heavy atom. The standard InChI is InChI=1S/C16H30O4.C7H10O6/c1-2-3-4-5-6-7-8-9-10-11-12-13-14(15(17)18)16(19)20;8-5(9)2-1-4(7(12)13)3-6(10)11/h14H,2-13H2,1H3,(H,17,18)(H,19,20);4H,1-3H2,(H,8,9)(H,10,11)(H,12,13). The quantitative estimate of drug-likeness (QED) is 0.124. The summed E-state index contributed by atoms with van der Waals surface area (Å²) in [5.74, 6) is -8.42. The van der Waals surface area contributed by atoms with Crippen molar-refractivity contribution < 1.29 is 49.5 Å². The number of carboxylic acid groups (broad SMARTS) is 5. The largest absolute Gasteiger partial charge is 0.481 e. The van der Waals surface area contributed by atoms with Gasteiger partial charge in [-0.2, -0.15) is 0 Å². The summed E-state index contributed by atoms with van der Waals surface area (Å²) >= 11 is 0. The summed E-state index contributed by atoms with van der Waals surface area (Å²) in [7, 11) is 0. The van der Waals surface area contributed by atoms with E-state index < -0.39 is 48.1 Å². The number of unbranched alkanes of at least 4 members (excludes halogenated alkanes) is 10. The van der Waals surface area contributed by atoms with Gasteiger partial charge in [0.25, 0.3) is 0 Å². The molecule has 10 heteroatoms. The van der Waals surface area contributed by atoms with E-state index in [1.54, 1.807) is 0 Å². The molecule has 0 radical (unpaired) electrons. The fourth-order valence-corrected chi connectivity index (χ4v) is 3.19. The molecule has 0 aliphatic rings. The summed E-state index contributed by atoms with van der Waals surface area (Å²) in [6, 6.07) is 0. The molecule has 192 valence electrons. The second-order valence-electron chi connectivity index (χ2n) is 8.12. The number of carbonyl (C=O) groups is 5. The summed E-state index contributed by atoms with van der Waals surface area (Å²) in [4.78, 5) is 52.0. The number of hydrogen-bond acceptors (Lipinski definition) is 5. The van der Waals surface area contributed by atoms with Crippen LogP contribution in [-0.2, 0) is 24.0 Å². The van der Waals surface area contributed by atoms with Crippen molar-refractivity contribution in [2.45, 2.75) is 103 Å². The summed E-state index contributed by atoms with van der Waals surface area (Å²) < 4.78 is 0. The maximum absolute atomic E-state index is 10.7. The zero-order valence-corrected chi connectivity index (χ0v) is 19.5. The molecule has 5 N–H and O–H groups in total. The highest BCUT2D eigenvalue weighted by molar-refractivity contribution is 5.92. The Kier molecular flexibility index (Phi) is 20.9. The first-order valence-corrected chi connectivity index (χ1v) is 11.6. The summed E-state index contributed by atoms with van der Waals surface area (Å²) in [6.07, 6.45) is 12.3. The van der Waals surface area contributed by atoms with Gasteiger partial charge in [-0.1, -0.05) is 77.6 Å². The van der Waals surface area contributed by atoms with Crippen LogP contribution in [0, 0.1) is 11.8 Å². The van der Waals surface area contributed by atoms with Crippen molar-refractivity contribution >= 4 is 29.8 Å².